The van der Waals surface area contributed by atoms with Crippen molar-refractivity contribution < 1.29 is 14.3 Å². The first-order valence-corrected chi connectivity index (χ1v) is 8.57. The number of esters is 1. The zero-order chi connectivity index (χ0) is 16.3. The van der Waals surface area contributed by atoms with Gasteiger partial charge in [-0.3, -0.25) is 4.79 Å². The number of halogens is 1. The molecule has 0 spiro atoms. The molecule has 1 unspecified atom stereocenters. The van der Waals surface area contributed by atoms with Crippen LogP contribution in [0, 0.1) is 12.8 Å². The Labute approximate surface area is 140 Å². The molecule has 1 atom stereocenters. The van der Waals surface area contributed by atoms with Crippen molar-refractivity contribution in [1.29, 1.82) is 0 Å². The minimum Gasteiger partial charge on any atom is -0.477 e. The van der Waals surface area contributed by atoms with E-state index < -0.39 is 5.60 Å². The Kier molecular flexibility index (Phi) is 5.48. The van der Waals surface area contributed by atoms with Crippen molar-refractivity contribution in [3.8, 4) is 5.88 Å². The van der Waals surface area contributed by atoms with Crippen molar-refractivity contribution in [2.75, 3.05) is 6.61 Å². The van der Waals surface area contributed by atoms with Gasteiger partial charge in [0.2, 0.25) is 5.88 Å². The Balaban J connectivity index is 2.29. The number of hydrogen-bond donors (Lipinski definition) is 0. The molecular formula is C17H24BrNO3. The van der Waals surface area contributed by atoms with Crippen LogP contribution in [-0.4, -0.2) is 23.2 Å². The molecular weight excluding hydrogens is 346 g/mol. The molecule has 1 aliphatic rings. The lowest BCUT2D eigenvalue weighted by Gasteiger charge is -2.24. The van der Waals surface area contributed by atoms with Gasteiger partial charge in [-0.1, -0.05) is 0 Å². The summed E-state index contributed by atoms with van der Waals surface area (Å²) in [7, 11) is 0. The lowest BCUT2D eigenvalue weighted by atomic mass is 9.92. The van der Waals surface area contributed by atoms with Crippen LogP contribution in [0.1, 0.15) is 51.2 Å². The fraction of sp³-hybridized carbons (Fsp3) is 0.647. The van der Waals surface area contributed by atoms with Crippen LogP contribution in [0.2, 0.25) is 0 Å². The van der Waals surface area contributed by atoms with Gasteiger partial charge >= 0.3 is 5.97 Å². The molecule has 0 aliphatic carbocycles. The zero-order valence-electron chi connectivity index (χ0n) is 13.7. The first-order chi connectivity index (χ1) is 10.3. The summed E-state index contributed by atoms with van der Waals surface area (Å²) in [5.74, 6) is 0.380. The molecule has 0 saturated heterocycles. The summed E-state index contributed by atoms with van der Waals surface area (Å²) in [6.07, 6.45) is 5.08. The van der Waals surface area contributed by atoms with E-state index in [1.165, 1.54) is 0 Å². The third-order valence-electron chi connectivity index (χ3n) is 3.74. The van der Waals surface area contributed by atoms with Gasteiger partial charge in [-0.25, -0.2) is 4.98 Å². The molecule has 22 heavy (non-hydrogen) atoms. The maximum Gasteiger partial charge on any atom is 0.309 e. The van der Waals surface area contributed by atoms with E-state index in [0.717, 1.165) is 34.9 Å². The van der Waals surface area contributed by atoms with Crippen molar-refractivity contribution in [2.45, 2.75) is 59.0 Å². The van der Waals surface area contributed by atoms with Gasteiger partial charge in [-0.05, 0) is 74.9 Å². The SMILES string of the molecule is Cc1c(Br)cnc2c1CC(C(=O)OC(C)(C)C)CCCCO2. The van der Waals surface area contributed by atoms with Gasteiger partial charge in [-0.2, -0.15) is 0 Å². The summed E-state index contributed by atoms with van der Waals surface area (Å²) in [4.78, 5) is 16.9. The highest BCUT2D eigenvalue weighted by molar-refractivity contribution is 9.10. The van der Waals surface area contributed by atoms with Gasteiger partial charge in [-0.15, -0.1) is 0 Å². The Hall–Kier alpha value is -1.10. The molecule has 0 N–H and O–H groups in total. The summed E-state index contributed by atoms with van der Waals surface area (Å²) in [5, 5.41) is 0. The largest absolute Gasteiger partial charge is 0.477 e. The van der Waals surface area contributed by atoms with Gasteiger partial charge < -0.3 is 9.47 Å². The molecule has 1 aliphatic heterocycles. The lowest BCUT2D eigenvalue weighted by Crippen LogP contribution is -2.30. The molecule has 0 saturated carbocycles. The molecule has 122 valence electrons. The fourth-order valence-electron chi connectivity index (χ4n) is 2.56. The standard InChI is InChI=1S/C17H24BrNO3/c1-11-13-9-12(16(20)22-17(2,3)4)7-5-6-8-21-15(13)19-10-14(11)18/h10,12H,5-9H2,1-4H3. The van der Waals surface area contributed by atoms with Crippen molar-refractivity contribution in [3.63, 3.8) is 0 Å². The average molecular weight is 370 g/mol. The number of fused-ring (bicyclic) bond motifs is 1. The minimum atomic E-state index is -0.459. The van der Waals surface area contributed by atoms with E-state index in [-0.39, 0.29) is 11.9 Å². The van der Waals surface area contributed by atoms with E-state index in [1.54, 1.807) is 6.20 Å². The minimum absolute atomic E-state index is 0.125. The predicted molar refractivity (Wildman–Crippen MR) is 89.1 cm³/mol. The summed E-state index contributed by atoms with van der Waals surface area (Å²) in [6.45, 7) is 8.38. The number of ether oxygens (including phenoxy) is 2. The molecule has 0 bridgehead atoms. The molecule has 2 rings (SSSR count). The Morgan fingerprint density at radius 1 is 1.41 bits per heavy atom. The molecule has 1 aromatic heterocycles. The first kappa shape index (κ1) is 17.3. The average Bonchev–Trinajstić information content (AvgIpc) is 2.51. The van der Waals surface area contributed by atoms with Crippen molar-refractivity contribution in [2.24, 2.45) is 5.92 Å². The van der Waals surface area contributed by atoms with Gasteiger partial charge in [0.25, 0.3) is 0 Å². The predicted octanol–water partition coefficient (Wildman–Crippen LogP) is 4.22. The van der Waals surface area contributed by atoms with Crippen LogP contribution in [0.5, 0.6) is 5.88 Å². The molecule has 1 aromatic rings. The van der Waals surface area contributed by atoms with Crippen LogP contribution < -0.4 is 4.74 Å². The summed E-state index contributed by atoms with van der Waals surface area (Å²) in [5.41, 5.74) is 1.63. The Morgan fingerprint density at radius 3 is 2.82 bits per heavy atom. The Bertz CT molecular complexity index is 552. The first-order valence-electron chi connectivity index (χ1n) is 7.77. The third kappa shape index (κ3) is 4.45. The van der Waals surface area contributed by atoms with Gasteiger partial charge in [0, 0.05) is 16.2 Å². The highest BCUT2D eigenvalue weighted by Gasteiger charge is 2.28. The van der Waals surface area contributed by atoms with Crippen molar-refractivity contribution in [3.05, 3.63) is 21.8 Å². The highest BCUT2D eigenvalue weighted by Crippen LogP contribution is 2.31. The van der Waals surface area contributed by atoms with Crippen LogP contribution in [0.4, 0.5) is 0 Å². The third-order valence-corrected chi connectivity index (χ3v) is 4.54. The number of nitrogens with zero attached hydrogens (tertiary/aromatic N) is 1. The topological polar surface area (TPSA) is 48.4 Å². The van der Waals surface area contributed by atoms with Gasteiger partial charge in [0.15, 0.2) is 0 Å². The van der Waals surface area contributed by atoms with Crippen LogP contribution in [0.15, 0.2) is 10.7 Å². The van der Waals surface area contributed by atoms with Crippen molar-refractivity contribution in [1.82, 2.24) is 4.98 Å². The number of hydrogen-bond acceptors (Lipinski definition) is 4. The van der Waals surface area contributed by atoms with Crippen molar-refractivity contribution >= 4 is 21.9 Å². The second-order valence-electron chi connectivity index (χ2n) is 6.79. The van der Waals surface area contributed by atoms with E-state index in [0.29, 0.717) is 18.9 Å². The highest BCUT2D eigenvalue weighted by atomic mass is 79.9. The number of pyridine rings is 1. The van der Waals surface area contributed by atoms with E-state index in [2.05, 4.69) is 20.9 Å². The maximum absolute atomic E-state index is 12.5. The lowest BCUT2D eigenvalue weighted by molar-refractivity contribution is -0.160. The van der Waals surface area contributed by atoms with Gasteiger partial charge in [0.05, 0.1) is 12.5 Å². The van der Waals surface area contributed by atoms with Crippen LogP contribution in [-0.2, 0) is 16.0 Å². The quantitative estimate of drug-likeness (QED) is 0.695. The molecule has 0 amide bonds. The second kappa shape index (κ2) is 6.99. The fourth-order valence-corrected chi connectivity index (χ4v) is 2.90. The summed E-state index contributed by atoms with van der Waals surface area (Å²) < 4.78 is 12.3. The monoisotopic (exact) mass is 369 g/mol. The molecule has 0 radical (unpaired) electrons. The number of aromatic nitrogens is 1. The number of carbonyl (C=O) groups excluding carboxylic acids is 1. The molecule has 0 aromatic carbocycles. The zero-order valence-corrected chi connectivity index (χ0v) is 15.3. The Morgan fingerprint density at radius 2 is 2.14 bits per heavy atom. The maximum atomic E-state index is 12.5. The molecule has 4 nitrogen and oxygen atoms in total. The summed E-state index contributed by atoms with van der Waals surface area (Å²) >= 11 is 3.51. The summed E-state index contributed by atoms with van der Waals surface area (Å²) in [6, 6.07) is 0. The number of rotatable bonds is 1. The second-order valence-corrected chi connectivity index (χ2v) is 7.65. The van der Waals surface area contributed by atoms with Gasteiger partial charge in [0.1, 0.15) is 5.60 Å². The smallest absolute Gasteiger partial charge is 0.309 e. The van der Waals surface area contributed by atoms with E-state index in [4.69, 9.17) is 9.47 Å². The van der Waals surface area contributed by atoms with Crippen LogP contribution in [0.3, 0.4) is 0 Å². The van der Waals surface area contributed by atoms with E-state index in [9.17, 15) is 4.79 Å². The van der Waals surface area contributed by atoms with E-state index in [1.807, 2.05) is 27.7 Å². The van der Waals surface area contributed by atoms with Crippen LogP contribution in [0.25, 0.3) is 0 Å². The molecule has 5 heteroatoms. The normalized spacial score (nSPS) is 19.2. The molecule has 0 fully saturated rings. The van der Waals surface area contributed by atoms with E-state index >= 15 is 0 Å². The molecule has 2 heterocycles. The van der Waals surface area contributed by atoms with Crippen LogP contribution >= 0.6 is 15.9 Å². The number of carbonyl (C=O) groups is 1.